The van der Waals surface area contributed by atoms with Gasteiger partial charge in [0.1, 0.15) is 5.76 Å². The minimum absolute atomic E-state index is 0.178. The van der Waals surface area contributed by atoms with Gasteiger partial charge in [-0.05, 0) is 31.4 Å². The fraction of sp³-hybridized carbons (Fsp3) is 0.636. The van der Waals surface area contributed by atoms with Crippen LogP contribution in [0.25, 0.3) is 0 Å². The molecule has 15 heavy (non-hydrogen) atoms. The number of likely N-dealkylation sites (N-methyl/N-ethyl adjacent to an activating group) is 1. The van der Waals surface area contributed by atoms with Gasteiger partial charge >= 0.3 is 0 Å². The van der Waals surface area contributed by atoms with Crippen LogP contribution in [0.4, 0.5) is 0 Å². The number of rotatable bonds is 4. The third-order valence-electron chi connectivity index (χ3n) is 3.25. The summed E-state index contributed by atoms with van der Waals surface area (Å²) >= 11 is 1.99. The third-order valence-corrected chi connectivity index (χ3v) is 4.48. The number of hydrogen-bond donors (Lipinski definition) is 1. The van der Waals surface area contributed by atoms with Crippen molar-refractivity contribution in [2.24, 2.45) is 5.73 Å². The zero-order valence-corrected chi connectivity index (χ0v) is 9.93. The van der Waals surface area contributed by atoms with E-state index in [1.54, 1.807) is 6.26 Å². The van der Waals surface area contributed by atoms with Crippen LogP contribution >= 0.6 is 11.8 Å². The molecule has 0 aromatic carbocycles. The topological polar surface area (TPSA) is 42.4 Å². The molecular formula is C11H18N2OS. The predicted octanol–water partition coefficient (Wildman–Crippen LogP) is 1.55. The van der Waals surface area contributed by atoms with Crippen LogP contribution in [0.3, 0.4) is 0 Å². The third kappa shape index (κ3) is 2.22. The summed E-state index contributed by atoms with van der Waals surface area (Å²) in [5, 5.41) is 0. The molecule has 1 aliphatic rings. The molecule has 3 nitrogen and oxygen atoms in total. The molecule has 0 radical (unpaired) electrons. The first-order valence-corrected chi connectivity index (χ1v) is 6.44. The lowest BCUT2D eigenvalue weighted by Gasteiger charge is -2.36. The minimum Gasteiger partial charge on any atom is -0.468 e. The number of furan rings is 1. The van der Waals surface area contributed by atoms with E-state index in [1.807, 2.05) is 23.9 Å². The molecule has 1 aliphatic heterocycles. The van der Waals surface area contributed by atoms with E-state index in [0.29, 0.717) is 0 Å². The van der Waals surface area contributed by atoms with E-state index in [0.717, 1.165) is 24.6 Å². The Bertz CT molecular complexity index is 294. The summed E-state index contributed by atoms with van der Waals surface area (Å²) in [6.45, 7) is 1.59. The Morgan fingerprint density at radius 1 is 1.67 bits per heavy atom. The Kier molecular flexibility index (Phi) is 3.38. The molecule has 2 rings (SSSR count). The first-order chi connectivity index (χ1) is 7.27. The molecule has 1 saturated heterocycles. The lowest BCUT2D eigenvalue weighted by Crippen LogP contribution is -2.51. The molecule has 1 fully saturated rings. The largest absolute Gasteiger partial charge is 0.468 e. The van der Waals surface area contributed by atoms with Crippen molar-refractivity contribution in [1.82, 2.24) is 4.90 Å². The van der Waals surface area contributed by atoms with Gasteiger partial charge in [-0.3, -0.25) is 4.90 Å². The number of hydrogen-bond acceptors (Lipinski definition) is 4. The summed E-state index contributed by atoms with van der Waals surface area (Å²) in [4.78, 5) is 2.34. The van der Waals surface area contributed by atoms with Crippen molar-refractivity contribution in [2.45, 2.75) is 18.5 Å². The number of nitrogens with two attached hydrogens (primary N) is 1. The van der Waals surface area contributed by atoms with E-state index >= 15 is 0 Å². The van der Waals surface area contributed by atoms with Crippen LogP contribution < -0.4 is 5.73 Å². The Balaban J connectivity index is 2.02. The molecule has 2 N–H and O–H groups in total. The average Bonchev–Trinajstić information content (AvgIpc) is 2.87. The quantitative estimate of drug-likeness (QED) is 0.846. The number of thioether (sulfide) groups is 1. The Labute approximate surface area is 95.0 Å². The van der Waals surface area contributed by atoms with Crippen LogP contribution in [0.5, 0.6) is 0 Å². The Morgan fingerprint density at radius 3 is 3.07 bits per heavy atom. The van der Waals surface area contributed by atoms with Crippen LogP contribution in [-0.4, -0.2) is 35.5 Å². The van der Waals surface area contributed by atoms with Crippen LogP contribution in [0.2, 0.25) is 0 Å². The molecule has 1 aromatic rings. The van der Waals surface area contributed by atoms with Crippen LogP contribution in [0.15, 0.2) is 22.8 Å². The van der Waals surface area contributed by atoms with Gasteiger partial charge in [0.05, 0.1) is 12.8 Å². The van der Waals surface area contributed by atoms with Crippen molar-refractivity contribution < 1.29 is 4.42 Å². The van der Waals surface area contributed by atoms with Gasteiger partial charge in [0.2, 0.25) is 0 Å². The first kappa shape index (κ1) is 11.0. The summed E-state index contributed by atoms with van der Waals surface area (Å²) < 4.78 is 5.36. The van der Waals surface area contributed by atoms with Gasteiger partial charge in [0.25, 0.3) is 0 Å². The summed E-state index contributed by atoms with van der Waals surface area (Å²) in [5.74, 6) is 3.38. The zero-order valence-electron chi connectivity index (χ0n) is 9.11. The monoisotopic (exact) mass is 226 g/mol. The van der Waals surface area contributed by atoms with Crippen molar-refractivity contribution in [3.63, 3.8) is 0 Å². The fourth-order valence-corrected chi connectivity index (χ4v) is 3.55. The Morgan fingerprint density at radius 2 is 2.53 bits per heavy atom. The van der Waals surface area contributed by atoms with Gasteiger partial charge in [-0.2, -0.15) is 11.8 Å². The maximum atomic E-state index is 5.91. The molecule has 1 unspecified atom stereocenters. The van der Waals surface area contributed by atoms with Crippen LogP contribution in [0.1, 0.15) is 12.2 Å². The highest BCUT2D eigenvalue weighted by atomic mass is 32.2. The van der Waals surface area contributed by atoms with E-state index in [9.17, 15) is 0 Å². The lowest BCUT2D eigenvalue weighted by molar-refractivity contribution is 0.133. The standard InChI is InChI=1S/C11H18N2OS/c1-13(7-10-3-2-5-14-10)11(8-12)4-6-15-9-11/h2-3,5H,4,6-9,12H2,1H3. The highest BCUT2D eigenvalue weighted by molar-refractivity contribution is 7.99. The first-order valence-electron chi connectivity index (χ1n) is 5.28. The van der Waals surface area contributed by atoms with Gasteiger partial charge in [-0.15, -0.1) is 0 Å². The maximum Gasteiger partial charge on any atom is 0.117 e. The normalized spacial score (nSPS) is 26.3. The fourth-order valence-electron chi connectivity index (χ4n) is 2.02. The summed E-state index contributed by atoms with van der Waals surface area (Å²) in [6, 6.07) is 3.95. The van der Waals surface area contributed by atoms with Crippen molar-refractivity contribution in [3.8, 4) is 0 Å². The second kappa shape index (κ2) is 4.60. The smallest absolute Gasteiger partial charge is 0.117 e. The van der Waals surface area contributed by atoms with E-state index in [4.69, 9.17) is 10.2 Å². The van der Waals surface area contributed by atoms with Crippen molar-refractivity contribution in [2.75, 3.05) is 25.1 Å². The minimum atomic E-state index is 0.178. The van der Waals surface area contributed by atoms with Gasteiger partial charge in [-0.25, -0.2) is 0 Å². The summed E-state index contributed by atoms with van der Waals surface area (Å²) in [5.41, 5.74) is 6.09. The second-order valence-corrected chi connectivity index (χ2v) is 5.27. The van der Waals surface area contributed by atoms with Crippen LogP contribution in [0, 0.1) is 0 Å². The second-order valence-electron chi connectivity index (χ2n) is 4.17. The molecule has 2 heterocycles. The molecule has 0 bridgehead atoms. The van der Waals surface area contributed by atoms with Crippen molar-refractivity contribution >= 4 is 11.8 Å². The van der Waals surface area contributed by atoms with Crippen molar-refractivity contribution in [1.29, 1.82) is 0 Å². The Hall–Kier alpha value is -0.450. The molecule has 0 amide bonds. The zero-order chi connectivity index (χ0) is 10.7. The highest BCUT2D eigenvalue weighted by Gasteiger charge is 2.37. The SMILES string of the molecule is CN(Cc1ccco1)C1(CN)CCSC1. The molecule has 1 atom stereocenters. The lowest BCUT2D eigenvalue weighted by atomic mass is 9.97. The van der Waals surface area contributed by atoms with E-state index in [2.05, 4.69) is 11.9 Å². The average molecular weight is 226 g/mol. The summed E-state index contributed by atoms with van der Waals surface area (Å²) in [7, 11) is 2.14. The van der Waals surface area contributed by atoms with Gasteiger partial charge in [-0.1, -0.05) is 0 Å². The van der Waals surface area contributed by atoms with E-state index in [-0.39, 0.29) is 5.54 Å². The number of nitrogens with zero attached hydrogens (tertiary/aromatic N) is 1. The molecular weight excluding hydrogens is 208 g/mol. The molecule has 0 spiro atoms. The summed E-state index contributed by atoms with van der Waals surface area (Å²) in [6.07, 6.45) is 2.91. The van der Waals surface area contributed by atoms with E-state index < -0.39 is 0 Å². The molecule has 84 valence electrons. The van der Waals surface area contributed by atoms with Crippen LogP contribution in [-0.2, 0) is 6.54 Å². The van der Waals surface area contributed by atoms with Gasteiger partial charge < -0.3 is 10.2 Å². The van der Waals surface area contributed by atoms with Gasteiger partial charge in [0.15, 0.2) is 0 Å². The van der Waals surface area contributed by atoms with Gasteiger partial charge in [0, 0.05) is 17.8 Å². The molecule has 0 saturated carbocycles. The predicted molar refractivity (Wildman–Crippen MR) is 63.9 cm³/mol. The van der Waals surface area contributed by atoms with E-state index in [1.165, 1.54) is 12.2 Å². The molecule has 4 heteroatoms. The van der Waals surface area contributed by atoms with Crippen molar-refractivity contribution in [3.05, 3.63) is 24.2 Å². The maximum absolute atomic E-state index is 5.91. The molecule has 0 aliphatic carbocycles. The molecule has 1 aromatic heterocycles. The highest BCUT2D eigenvalue weighted by Crippen LogP contribution is 2.32.